The molecule has 0 aromatic rings. The van der Waals surface area contributed by atoms with Gasteiger partial charge in [-0.1, -0.05) is 19.6 Å². The SMILES string of the molecule is CN(C)CCCN([SiH3])[Si](C)(C)C. The lowest BCUT2D eigenvalue weighted by molar-refractivity contribution is 0.388. The Morgan fingerprint density at radius 2 is 1.58 bits per heavy atom. The molecule has 12 heavy (non-hydrogen) atoms. The van der Waals surface area contributed by atoms with Crippen LogP contribution >= 0.6 is 0 Å². The highest BCUT2D eigenvalue weighted by molar-refractivity contribution is 6.77. The van der Waals surface area contributed by atoms with E-state index in [-0.39, 0.29) is 0 Å². The minimum absolute atomic E-state index is 0.956. The van der Waals surface area contributed by atoms with Crippen LogP contribution in [-0.4, -0.2) is 55.0 Å². The summed E-state index contributed by atoms with van der Waals surface area (Å²) < 4.78 is 2.68. The van der Waals surface area contributed by atoms with Gasteiger partial charge in [0, 0.05) is 0 Å². The normalized spacial score (nSPS) is 13.2. The van der Waals surface area contributed by atoms with Crippen molar-refractivity contribution in [3.8, 4) is 0 Å². The van der Waals surface area contributed by atoms with E-state index in [9.17, 15) is 0 Å². The summed E-state index contributed by atoms with van der Waals surface area (Å²) in [5.41, 5.74) is 0. The zero-order valence-corrected chi connectivity index (χ0v) is 12.5. The number of hydrogen-bond acceptors (Lipinski definition) is 2. The van der Waals surface area contributed by atoms with Crippen molar-refractivity contribution in [2.24, 2.45) is 0 Å². The van der Waals surface area contributed by atoms with Gasteiger partial charge in [-0.3, -0.25) is 0 Å². The molecule has 0 aliphatic heterocycles. The van der Waals surface area contributed by atoms with Crippen LogP contribution in [0.1, 0.15) is 6.42 Å². The molecule has 0 heterocycles. The van der Waals surface area contributed by atoms with Crippen LogP contribution in [0.25, 0.3) is 0 Å². The maximum Gasteiger partial charge on any atom is 0.111 e. The molecule has 0 fully saturated rings. The fraction of sp³-hybridized carbons (Fsp3) is 1.00. The summed E-state index contributed by atoms with van der Waals surface area (Å²) in [6, 6.07) is 0. The molecular formula is C8H24N2Si2. The van der Waals surface area contributed by atoms with Gasteiger partial charge in [0.2, 0.25) is 0 Å². The number of nitrogens with zero attached hydrogens (tertiary/aromatic N) is 2. The molecule has 0 unspecified atom stereocenters. The van der Waals surface area contributed by atoms with Gasteiger partial charge in [0.15, 0.2) is 0 Å². The highest BCUT2D eigenvalue weighted by Crippen LogP contribution is 2.05. The highest BCUT2D eigenvalue weighted by Gasteiger charge is 2.18. The lowest BCUT2D eigenvalue weighted by atomic mass is 10.4. The first-order valence-electron chi connectivity index (χ1n) is 4.70. The third-order valence-electron chi connectivity index (χ3n) is 2.24. The van der Waals surface area contributed by atoms with Crippen molar-refractivity contribution in [2.75, 3.05) is 27.2 Å². The van der Waals surface area contributed by atoms with Crippen molar-refractivity contribution in [1.82, 2.24) is 9.13 Å². The van der Waals surface area contributed by atoms with Crippen molar-refractivity contribution in [3.63, 3.8) is 0 Å². The molecule has 2 nitrogen and oxygen atoms in total. The second kappa shape index (κ2) is 5.16. The highest BCUT2D eigenvalue weighted by atomic mass is 28.4. The quantitative estimate of drug-likeness (QED) is 0.597. The van der Waals surface area contributed by atoms with E-state index in [0.717, 1.165) is 0 Å². The summed E-state index contributed by atoms with van der Waals surface area (Å²) in [5.74, 6) is 0. The van der Waals surface area contributed by atoms with Crippen molar-refractivity contribution >= 4 is 18.6 Å². The van der Waals surface area contributed by atoms with Gasteiger partial charge in [0.25, 0.3) is 0 Å². The van der Waals surface area contributed by atoms with Crippen LogP contribution in [0, 0.1) is 0 Å². The van der Waals surface area contributed by atoms with E-state index < -0.39 is 8.24 Å². The van der Waals surface area contributed by atoms with Gasteiger partial charge < -0.3 is 9.13 Å². The van der Waals surface area contributed by atoms with Crippen molar-refractivity contribution in [1.29, 1.82) is 0 Å². The Morgan fingerprint density at radius 3 is 1.92 bits per heavy atom. The summed E-state index contributed by atoms with van der Waals surface area (Å²) >= 11 is 0. The topological polar surface area (TPSA) is 6.48 Å². The molecule has 0 bridgehead atoms. The molecule has 0 aromatic heterocycles. The van der Waals surface area contributed by atoms with Gasteiger partial charge >= 0.3 is 0 Å². The van der Waals surface area contributed by atoms with Crippen LogP contribution in [0.15, 0.2) is 0 Å². The molecule has 0 radical (unpaired) electrons. The van der Waals surface area contributed by atoms with E-state index in [1.165, 1.54) is 29.9 Å². The molecule has 74 valence electrons. The van der Waals surface area contributed by atoms with E-state index in [4.69, 9.17) is 0 Å². The van der Waals surface area contributed by atoms with Gasteiger partial charge in [-0.15, -0.1) is 0 Å². The van der Waals surface area contributed by atoms with E-state index in [0.29, 0.717) is 0 Å². The average molecular weight is 204 g/mol. The molecule has 4 heteroatoms. The zero-order chi connectivity index (χ0) is 9.78. The third kappa shape index (κ3) is 5.94. The van der Waals surface area contributed by atoms with Crippen LogP contribution < -0.4 is 0 Å². The third-order valence-corrected chi connectivity index (χ3v) is 9.23. The molecule has 0 aliphatic rings. The molecule has 0 saturated carbocycles. The van der Waals surface area contributed by atoms with Crippen molar-refractivity contribution in [3.05, 3.63) is 0 Å². The van der Waals surface area contributed by atoms with Gasteiger partial charge in [-0.2, -0.15) is 0 Å². The first-order valence-corrected chi connectivity index (χ1v) is 9.04. The van der Waals surface area contributed by atoms with Crippen molar-refractivity contribution in [2.45, 2.75) is 26.1 Å². The Hall–Kier alpha value is 0.354. The maximum atomic E-state index is 2.68. The Bertz CT molecular complexity index is 121. The molecule has 0 aromatic carbocycles. The zero-order valence-electron chi connectivity index (χ0n) is 9.52. The minimum Gasteiger partial charge on any atom is -0.353 e. The van der Waals surface area contributed by atoms with Crippen LogP contribution in [0.4, 0.5) is 0 Å². The monoisotopic (exact) mass is 204 g/mol. The first kappa shape index (κ1) is 12.4. The Morgan fingerprint density at radius 1 is 1.08 bits per heavy atom. The van der Waals surface area contributed by atoms with Gasteiger partial charge in [0.1, 0.15) is 8.24 Å². The molecule has 0 saturated heterocycles. The molecule has 0 amide bonds. The van der Waals surface area contributed by atoms with E-state index >= 15 is 0 Å². The maximum absolute atomic E-state index is 2.68. The summed E-state index contributed by atoms with van der Waals surface area (Å²) in [5, 5.41) is 0. The van der Waals surface area contributed by atoms with E-state index in [1.807, 2.05) is 0 Å². The first-order chi connectivity index (χ1) is 5.34. The molecule has 0 N–H and O–H groups in total. The predicted octanol–water partition coefficient (Wildman–Crippen LogP) is 0.355. The second-order valence-electron chi connectivity index (χ2n) is 4.75. The Labute approximate surface area is 81.5 Å². The fourth-order valence-electron chi connectivity index (χ4n) is 0.960. The molecule has 0 aliphatic carbocycles. The molecular weight excluding hydrogens is 180 g/mol. The number of rotatable bonds is 5. The van der Waals surface area contributed by atoms with Crippen LogP contribution in [0.5, 0.6) is 0 Å². The molecule has 0 spiro atoms. The lowest BCUT2D eigenvalue weighted by Crippen LogP contribution is -2.45. The van der Waals surface area contributed by atoms with Gasteiger partial charge in [-0.25, -0.2) is 0 Å². The van der Waals surface area contributed by atoms with Gasteiger partial charge in [0.05, 0.1) is 10.4 Å². The summed E-state index contributed by atoms with van der Waals surface area (Å²) in [6.45, 7) is 9.81. The second-order valence-corrected chi connectivity index (χ2v) is 11.8. The fourth-order valence-corrected chi connectivity index (χ4v) is 2.10. The van der Waals surface area contributed by atoms with Crippen LogP contribution in [-0.2, 0) is 0 Å². The van der Waals surface area contributed by atoms with Crippen molar-refractivity contribution < 1.29 is 0 Å². The van der Waals surface area contributed by atoms with Crippen LogP contribution in [0.2, 0.25) is 19.6 Å². The van der Waals surface area contributed by atoms with Gasteiger partial charge in [-0.05, 0) is 33.6 Å². The lowest BCUT2D eigenvalue weighted by Gasteiger charge is -2.30. The number of hydrogen-bond donors (Lipinski definition) is 0. The Balaban J connectivity index is 3.51. The predicted molar refractivity (Wildman–Crippen MR) is 63.2 cm³/mol. The summed E-state index contributed by atoms with van der Waals surface area (Å²) in [6.07, 6.45) is 1.32. The molecule has 0 atom stereocenters. The Kier molecular flexibility index (Phi) is 5.32. The summed E-state index contributed by atoms with van der Waals surface area (Å²) in [7, 11) is 4.57. The standard InChI is InChI=1S/C8H24N2Si2/c1-9(2)7-6-8-10(11)12(3,4)5/h6-8H2,1-5,11H3. The summed E-state index contributed by atoms with van der Waals surface area (Å²) in [4.78, 5) is 2.26. The average Bonchev–Trinajstić information content (AvgIpc) is 1.84. The van der Waals surface area contributed by atoms with E-state index in [1.54, 1.807) is 0 Å². The molecule has 0 rings (SSSR count). The minimum atomic E-state index is -0.956. The smallest absolute Gasteiger partial charge is 0.111 e. The van der Waals surface area contributed by atoms with E-state index in [2.05, 4.69) is 42.9 Å². The van der Waals surface area contributed by atoms with Crippen LogP contribution in [0.3, 0.4) is 0 Å². The largest absolute Gasteiger partial charge is 0.353 e.